The third kappa shape index (κ3) is 3.95. The van der Waals surface area contributed by atoms with Crippen molar-refractivity contribution in [1.29, 1.82) is 0 Å². The van der Waals surface area contributed by atoms with Gasteiger partial charge >= 0.3 is 0 Å². The zero-order valence-electron chi connectivity index (χ0n) is 10.9. The Balaban J connectivity index is 2.25. The van der Waals surface area contributed by atoms with Gasteiger partial charge in [-0.05, 0) is 48.0 Å². The molecule has 2 aromatic rings. The Hall–Kier alpha value is -1.10. The van der Waals surface area contributed by atoms with Crippen LogP contribution in [0.4, 0.5) is 8.78 Å². The van der Waals surface area contributed by atoms with Crippen molar-refractivity contribution in [2.24, 2.45) is 0 Å². The first-order valence-corrected chi connectivity index (χ1v) is 7.34. The minimum absolute atomic E-state index is 0.552. The lowest BCUT2D eigenvalue weighted by Gasteiger charge is -2.08. The standard InChI is InChI=1S/C15H14ClF2NS/c1-19-9-12-8-11(4-7-14(12)16)10-2-5-13(6-3-10)20-15(17)18/h2-8,15,19H,9H2,1H3. The van der Waals surface area contributed by atoms with Crippen LogP contribution < -0.4 is 5.32 Å². The number of nitrogens with one attached hydrogen (secondary N) is 1. The monoisotopic (exact) mass is 313 g/mol. The van der Waals surface area contributed by atoms with Gasteiger partial charge in [0.1, 0.15) is 0 Å². The Bertz CT molecular complexity index is 573. The van der Waals surface area contributed by atoms with Crippen LogP contribution in [0.5, 0.6) is 0 Å². The van der Waals surface area contributed by atoms with Crippen molar-refractivity contribution in [2.45, 2.75) is 17.2 Å². The molecule has 1 nitrogen and oxygen atoms in total. The molecule has 0 amide bonds. The molecule has 0 fully saturated rings. The fourth-order valence-electron chi connectivity index (χ4n) is 1.91. The summed E-state index contributed by atoms with van der Waals surface area (Å²) in [4.78, 5) is 0.563. The second-order valence-electron chi connectivity index (χ2n) is 4.24. The smallest absolute Gasteiger partial charge is 0.288 e. The van der Waals surface area contributed by atoms with E-state index in [-0.39, 0.29) is 0 Å². The topological polar surface area (TPSA) is 12.0 Å². The van der Waals surface area contributed by atoms with Crippen molar-refractivity contribution in [3.8, 4) is 11.1 Å². The first-order chi connectivity index (χ1) is 9.60. The van der Waals surface area contributed by atoms with Crippen molar-refractivity contribution in [3.63, 3.8) is 0 Å². The van der Waals surface area contributed by atoms with E-state index in [1.165, 1.54) is 0 Å². The lowest BCUT2D eigenvalue weighted by Crippen LogP contribution is -2.05. The maximum atomic E-state index is 12.3. The highest BCUT2D eigenvalue weighted by molar-refractivity contribution is 7.99. The van der Waals surface area contributed by atoms with Crippen LogP contribution in [0.3, 0.4) is 0 Å². The predicted octanol–water partition coefficient (Wildman–Crippen LogP) is 5.04. The van der Waals surface area contributed by atoms with Crippen LogP contribution in [-0.2, 0) is 6.54 Å². The van der Waals surface area contributed by atoms with E-state index in [0.717, 1.165) is 16.7 Å². The highest BCUT2D eigenvalue weighted by atomic mass is 35.5. The van der Waals surface area contributed by atoms with Crippen LogP contribution in [0.2, 0.25) is 5.02 Å². The van der Waals surface area contributed by atoms with Gasteiger partial charge in [0.2, 0.25) is 0 Å². The summed E-state index contributed by atoms with van der Waals surface area (Å²) >= 11 is 6.67. The molecular weight excluding hydrogens is 300 g/mol. The van der Waals surface area contributed by atoms with Crippen LogP contribution in [0.15, 0.2) is 47.4 Å². The number of alkyl halides is 2. The number of benzene rings is 2. The van der Waals surface area contributed by atoms with Gasteiger partial charge < -0.3 is 5.32 Å². The van der Waals surface area contributed by atoms with Crippen molar-refractivity contribution in [3.05, 3.63) is 53.1 Å². The summed E-state index contributed by atoms with van der Waals surface area (Å²) in [5.74, 6) is -2.39. The molecule has 0 saturated carbocycles. The first-order valence-electron chi connectivity index (χ1n) is 6.08. The van der Waals surface area contributed by atoms with Gasteiger partial charge in [-0.2, -0.15) is 8.78 Å². The summed E-state index contributed by atoms with van der Waals surface area (Å²) in [5.41, 5.74) is 3.02. The first kappa shape index (κ1) is 15.3. The molecule has 2 aromatic carbocycles. The summed E-state index contributed by atoms with van der Waals surface area (Å²) in [7, 11) is 1.86. The van der Waals surface area contributed by atoms with Crippen LogP contribution in [-0.4, -0.2) is 12.8 Å². The number of rotatable bonds is 5. The minimum Gasteiger partial charge on any atom is -0.316 e. The SMILES string of the molecule is CNCc1cc(-c2ccc(SC(F)F)cc2)ccc1Cl. The molecule has 2 rings (SSSR count). The van der Waals surface area contributed by atoms with Gasteiger partial charge in [-0.3, -0.25) is 0 Å². The maximum absolute atomic E-state index is 12.3. The lowest BCUT2D eigenvalue weighted by molar-refractivity contribution is 0.252. The molecule has 0 heterocycles. The lowest BCUT2D eigenvalue weighted by atomic mass is 10.0. The molecule has 20 heavy (non-hydrogen) atoms. The summed E-state index contributed by atoms with van der Waals surface area (Å²) in [6.45, 7) is 0.686. The van der Waals surface area contributed by atoms with E-state index in [1.54, 1.807) is 12.1 Å². The second-order valence-corrected chi connectivity index (χ2v) is 5.71. The molecule has 0 bridgehead atoms. The van der Waals surface area contributed by atoms with Crippen LogP contribution in [0.25, 0.3) is 11.1 Å². The van der Waals surface area contributed by atoms with Crippen molar-refractivity contribution in [1.82, 2.24) is 5.32 Å². The van der Waals surface area contributed by atoms with Gasteiger partial charge in [-0.25, -0.2) is 0 Å². The summed E-state index contributed by atoms with van der Waals surface area (Å²) in [6, 6.07) is 12.9. The van der Waals surface area contributed by atoms with Crippen molar-refractivity contribution in [2.75, 3.05) is 7.05 Å². The van der Waals surface area contributed by atoms with Gasteiger partial charge in [-0.15, -0.1) is 0 Å². The Kier molecular flexibility index (Phi) is 5.40. The van der Waals surface area contributed by atoms with Gasteiger partial charge in [0.05, 0.1) is 0 Å². The van der Waals surface area contributed by atoms with Crippen LogP contribution >= 0.6 is 23.4 Å². The Morgan fingerprint density at radius 2 is 1.75 bits per heavy atom. The van der Waals surface area contributed by atoms with Gasteiger partial charge in [0, 0.05) is 16.5 Å². The quantitative estimate of drug-likeness (QED) is 0.776. The van der Waals surface area contributed by atoms with E-state index in [2.05, 4.69) is 5.32 Å². The Labute approximate surface area is 126 Å². The fraction of sp³-hybridized carbons (Fsp3) is 0.200. The number of hydrogen-bond donors (Lipinski definition) is 1. The summed E-state index contributed by atoms with van der Waals surface area (Å²) < 4.78 is 24.5. The maximum Gasteiger partial charge on any atom is 0.288 e. The average molecular weight is 314 g/mol. The highest BCUT2D eigenvalue weighted by Crippen LogP contribution is 2.29. The average Bonchev–Trinajstić information content (AvgIpc) is 2.42. The molecule has 106 valence electrons. The van der Waals surface area contributed by atoms with E-state index in [0.29, 0.717) is 28.2 Å². The third-order valence-electron chi connectivity index (χ3n) is 2.83. The van der Waals surface area contributed by atoms with E-state index in [4.69, 9.17) is 11.6 Å². The minimum atomic E-state index is -2.39. The van der Waals surface area contributed by atoms with E-state index < -0.39 is 5.76 Å². The zero-order chi connectivity index (χ0) is 14.5. The normalized spacial score (nSPS) is 11.1. The number of halogens is 3. The number of hydrogen-bond acceptors (Lipinski definition) is 2. The van der Waals surface area contributed by atoms with Crippen LogP contribution in [0.1, 0.15) is 5.56 Å². The molecule has 0 aliphatic carbocycles. The van der Waals surface area contributed by atoms with Gasteiger partial charge in [0.25, 0.3) is 5.76 Å². The molecule has 5 heteroatoms. The highest BCUT2D eigenvalue weighted by Gasteiger charge is 2.07. The molecule has 0 aromatic heterocycles. The molecule has 0 atom stereocenters. The summed E-state index contributed by atoms with van der Waals surface area (Å²) in [6.07, 6.45) is 0. The van der Waals surface area contributed by atoms with E-state index in [1.807, 2.05) is 37.4 Å². The summed E-state index contributed by atoms with van der Waals surface area (Å²) in [5, 5.41) is 3.78. The largest absolute Gasteiger partial charge is 0.316 e. The number of thioether (sulfide) groups is 1. The van der Waals surface area contributed by atoms with Crippen molar-refractivity contribution < 1.29 is 8.78 Å². The molecule has 0 aliphatic rings. The second kappa shape index (κ2) is 7.07. The molecule has 1 N–H and O–H groups in total. The Morgan fingerprint density at radius 1 is 1.10 bits per heavy atom. The molecule has 0 unspecified atom stereocenters. The van der Waals surface area contributed by atoms with Gasteiger partial charge in [0.15, 0.2) is 0 Å². The van der Waals surface area contributed by atoms with Gasteiger partial charge in [-0.1, -0.05) is 41.6 Å². The van der Waals surface area contributed by atoms with Crippen molar-refractivity contribution >= 4 is 23.4 Å². The molecule has 0 aliphatic heterocycles. The molecule has 0 radical (unpaired) electrons. The van der Waals surface area contributed by atoms with E-state index in [9.17, 15) is 8.78 Å². The molecule has 0 spiro atoms. The molecular formula is C15H14ClF2NS. The van der Waals surface area contributed by atoms with E-state index >= 15 is 0 Å². The van der Waals surface area contributed by atoms with Crippen LogP contribution in [0, 0.1) is 0 Å². The Morgan fingerprint density at radius 3 is 2.35 bits per heavy atom. The predicted molar refractivity (Wildman–Crippen MR) is 81.5 cm³/mol. The fourth-order valence-corrected chi connectivity index (χ4v) is 2.59. The third-order valence-corrected chi connectivity index (χ3v) is 3.92. The molecule has 0 saturated heterocycles. The zero-order valence-corrected chi connectivity index (χ0v) is 12.4.